The van der Waals surface area contributed by atoms with Gasteiger partial charge in [-0.1, -0.05) is 0 Å². The van der Waals surface area contributed by atoms with Crippen molar-refractivity contribution in [2.24, 2.45) is 0 Å². The van der Waals surface area contributed by atoms with Crippen LogP contribution in [0.1, 0.15) is 38.2 Å². The first kappa shape index (κ1) is 15.0. The summed E-state index contributed by atoms with van der Waals surface area (Å²) in [5.41, 5.74) is -0.197. The van der Waals surface area contributed by atoms with Gasteiger partial charge in [0.25, 0.3) is 5.91 Å². The van der Waals surface area contributed by atoms with E-state index in [-0.39, 0.29) is 11.7 Å². The lowest BCUT2D eigenvalue weighted by Crippen LogP contribution is -2.27. The van der Waals surface area contributed by atoms with Crippen LogP contribution in [0.3, 0.4) is 0 Å². The average Bonchev–Trinajstić information content (AvgIpc) is 2.68. The number of hydrogen-bond donors (Lipinski definition) is 2. The van der Waals surface area contributed by atoms with Gasteiger partial charge >= 0.3 is 6.09 Å². The standard InChI is InChI=1S/C12H20N4O3/c1-6-16-8(10(17)13-5)7-9(15-16)14-11(18)19-12(2,3)4/h7H,6H2,1-5H3,(H,13,17)(H,14,15,18). The second kappa shape index (κ2) is 5.73. The Morgan fingerprint density at radius 2 is 2.05 bits per heavy atom. The summed E-state index contributed by atoms with van der Waals surface area (Å²) >= 11 is 0. The molecule has 0 aliphatic carbocycles. The van der Waals surface area contributed by atoms with Gasteiger partial charge in [0, 0.05) is 19.7 Å². The predicted molar refractivity (Wildman–Crippen MR) is 71.1 cm³/mol. The number of carbonyl (C=O) groups excluding carboxylic acids is 2. The van der Waals surface area contributed by atoms with E-state index in [0.29, 0.717) is 12.2 Å². The first-order chi connectivity index (χ1) is 8.76. The summed E-state index contributed by atoms with van der Waals surface area (Å²) in [4.78, 5) is 23.2. The molecule has 106 valence electrons. The van der Waals surface area contributed by atoms with Crippen LogP contribution >= 0.6 is 0 Å². The minimum Gasteiger partial charge on any atom is -0.444 e. The van der Waals surface area contributed by atoms with Crippen LogP contribution in [0.4, 0.5) is 10.6 Å². The molecule has 0 fully saturated rings. The van der Waals surface area contributed by atoms with Crippen molar-refractivity contribution in [3.05, 3.63) is 11.8 Å². The molecule has 1 rings (SSSR count). The SMILES string of the molecule is CCn1nc(NC(=O)OC(C)(C)C)cc1C(=O)NC. The minimum absolute atomic E-state index is 0.258. The van der Waals surface area contributed by atoms with Crippen LogP contribution in [0.25, 0.3) is 0 Å². The van der Waals surface area contributed by atoms with Crippen LogP contribution in [0, 0.1) is 0 Å². The minimum atomic E-state index is -0.600. The van der Waals surface area contributed by atoms with Crippen LogP contribution in [-0.2, 0) is 11.3 Å². The maximum atomic E-state index is 11.6. The molecule has 7 nitrogen and oxygen atoms in total. The lowest BCUT2D eigenvalue weighted by molar-refractivity contribution is 0.0635. The van der Waals surface area contributed by atoms with Gasteiger partial charge in [-0.25, -0.2) is 4.79 Å². The molecule has 0 spiro atoms. The highest BCUT2D eigenvalue weighted by Gasteiger charge is 2.19. The molecular weight excluding hydrogens is 248 g/mol. The Kier molecular flexibility index (Phi) is 4.52. The summed E-state index contributed by atoms with van der Waals surface area (Å²) in [7, 11) is 1.54. The van der Waals surface area contributed by atoms with Crippen molar-refractivity contribution in [3.8, 4) is 0 Å². The second-order valence-corrected chi connectivity index (χ2v) is 4.94. The first-order valence-corrected chi connectivity index (χ1v) is 6.06. The molecule has 7 heteroatoms. The van der Waals surface area contributed by atoms with Gasteiger partial charge < -0.3 is 10.1 Å². The number of amides is 2. The monoisotopic (exact) mass is 268 g/mol. The highest BCUT2D eigenvalue weighted by molar-refractivity contribution is 5.94. The van der Waals surface area contributed by atoms with Crippen molar-refractivity contribution in [1.29, 1.82) is 0 Å². The topological polar surface area (TPSA) is 85.2 Å². The van der Waals surface area contributed by atoms with E-state index in [2.05, 4.69) is 15.7 Å². The van der Waals surface area contributed by atoms with Crippen molar-refractivity contribution in [2.75, 3.05) is 12.4 Å². The van der Waals surface area contributed by atoms with E-state index in [1.807, 2.05) is 6.92 Å². The van der Waals surface area contributed by atoms with E-state index in [1.165, 1.54) is 17.8 Å². The Labute approximate surface area is 112 Å². The summed E-state index contributed by atoms with van der Waals surface area (Å²) in [5.74, 6) is 0.0290. The van der Waals surface area contributed by atoms with Gasteiger partial charge in [0.05, 0.1) is 0 Å². The molecule has 19 heavy (non-hydrogen) atoms. The molecule has 0 aliphatic rings. The van der Waals surface area contributed by atoms with Gasteiger partial charge in [-0.2, -0.15) is 5.10 Å². The molecule has 0 bridgehead atoms. The number of nitrogens with zero attached hydrogens (tertiary/aromatic N) is 2. The van der Waals surface area contributed by atoms with E-state index in [1.54, 1.807) is 20.8 Å². The zero-order chi connectivity index (χ0) is 14.6. The van der Waals surface area contributed by atoms with Crippen molar-refractivity contribution in [1.82, 2.24) is 15.1 Å². The van der Waals surface area contributed by atoms with Crippen LogP contribution in [0.15, 0.2) is 6.07 Å². The van der Waals surface area contributed by atoms with Crippen molar-refractivity contribution in [3.63, 3.8) is 0 Å². The maximum Gasteiger partial charge on any atom is 0.413 e. The van der Waals surface area contributed by atoms with Gasteiger partial charge in [-0.3, -0.25) is 14.8 Å². The number of aryl methyl sites for hydroxylation is 1. The highest BCUT2D eigenvalue weighted by Crippen LogP contribution is 2.12. The molecule has 1 aromatic rings. The van der Waals surface area contributed by atoms with E-state index in [4.69, 9.17) is 4.74 Å². The Balaban J connectivity index is 2.83. The fraction of sp³-hybridized carbons (Fsp3) is 0.583. The number of ether oxygens (including phenoxy) is 1. The van der Waals surface area contributed by atoms with Crippen LogP contribution in [0.2, 0.25) is 0 Å². The fourth-order valence-electron chi connectivity index (χ4n) is 1.44. The summed E-state index contributed by atoms with van der Waals surface area (Å²) in [5, 5.41) is 9.13. The van der Waals surface area contributed by atoms with Crippen molar-refractivity contribution >= 4 is 17.8 Å². The number of aromatic nitrogens is 2. The maximum absolute atomic E-state index is 11.6. The number of hydrogen-bond acceptors (Lipinski definition) is 4. The third-order valence-electron chi connectivity index (χ3n) is 2.17. The smallest absolute Gasteiger partial charge is 0.413 e. The van der Waals surface area contributed by atoms with Gasteiger partial charge in [0.2, 0.25) is 0 Å². The molecular formula is C12H20N4O3. The van der Waals surface area contributed by atoms with Gasteiger partial charge in [-0.15, -0.1) is 0 Å². The molecule has 0 aromatic carbocycles. The quantitative estimate of drug-likeness (QED) is 0.872. The van der Waals surface area contributed by atoms with Crippen LogP contribution < -0.4 is 10.6 Å². The molecule has 0 aliphatic heterocycles. The largest absolute Gasteiger partial charge is 0.444 e. The highest BCUT2D eigenvalue weighted by atomic mass is 16.6. The zero-order valence-electron chi connectivity index (χ0n) is 11.9. The summed E-state index contributed by atoms with van der Waals surface area (Å²) < 4.78 is 6.62. The number of carbonyl (C=O) groups is 2. The molecule has 1 heterocycles. The number of nitrogens with one attached hydrogen (secondary N) is 2. The molecule has 2 amide bonds. The molecule has 2 N–H and O–H groups in total. The van der Waals surface area contributed by atoms with E-state index in [9.17, 15) is 9.59 Å². The normalized spacial score (nSPS) is 11.0. The molecule has 0 unspecified atom stereocenters. The summed E-state index contributed by atoms with van der Waals surface area (Å²) in [6, 6.07) is 1.51. The summed E-state index contributed by atoms with van der Waals surface area (Å²) in [6.07, 6.45) is -0.600. The van der Waals surface area contributed by atoms with E-state index in [0.717, 1.165) is 0 Å². The zero-order valence-corrected chi connectivity index (χ0v) is 11.9. The molecule has 0 saturated carbocycles. The Hall–Kier alpha value is -2.05. The Morgan fingerprint density at radius 1 is 1.42 bits per heavy atom. The first-order valence-electron chi connectivity index (χ1n) is 6.06. The van der Waals surface area contributed by atoms with Crippen molar-refractivity contribution in [2.45, 2.75) is 39.8 Å². The lowest BCUT2D eigenvalue weighted by Gasteiger charge is -2.18. The average molecular weight is 268 g/mol. The summed E-state index contributed by atoms with van der Waals surface area (Å²) in [6.45, 7) is 7.70. The van der Waals surface area contributed by atoms with Gasteiger partial charge in [0.1, 0.15) is 11.3 Å². The Morgan fingerprint density at radius 3 is 2.53 bits per heavy atom. The van der Waals surface area contributed by atoms with Crippen LogP contribution in [0.5, 0.6) is 0 Å². The molecule has 0 atom stereocenters. The molecule has 0 radical (unpaired) electrons. The van der Waals surface area contributed by atoms with Crippen molar-refractivity contribution < 1.29 is 14.3 Å². The molecule has 1 aromatic heterocycles. The second-order valence-electron chi connectivity index (χ2n) is 4.94. The third-order valence-corrected chi connectivity index (χ3v) is 2.17. The number of rotatable bonds is 3. The van der Waals surface area contributed by atoms with Crippen LogP contribution in [-0.4, -0.2) is 34.4 Å². The number of anilines is 1. The lowest BCUT2D eigenvalue weighted by atomic mass is 10.2. The van der Waals surface area contributed by atoms with E-state index >= 15 is 0 Å². The van der Waals surface area contributed by atoms with Gasteiger partial charge in [0.15, 0.2) is 5.82 Å². The fourth-order valence-corrected chi connectivity index (χ4v) is 1.44. The Bertz CT molecular complexity index is 474. The third kappa shape index (κ3) is 4.27. The predicted octanol–water partition coefficient (Wildman–Crippen LogP) is 1.61. The molecule has 0 saturated heterocycles. The van der Waals surface area contributed by atoms with Gasteiger partial charge in [-0.05, 0) is 27.7 Å². The van der Waals surface area contributed by atoms with E-state index < -0.39 is 11.7 Å².